The van der Waals surface area contributed by atoms with Crippen LogP contribution in [0.2, 0.25) is 0 Å². The summed E-state index contributed by atoms with van der Waals surface area (Å²) in [6.07, 6.45) is 10.9. The largest absolute Gasteiger partial charge is 0.100 e. The van der Waals surface area contributed by atoms with E-state index in [1.165, 1.54) is 56.9 Å². The van der Waals surface area contributed by atoms with Crippen molar-refractivity contribution < 1.29 is 0 Å². The van der Waals surface area contributed by atoms with Gasteiger partial charge in [-0.25, -0.2) is 0 Å². The Bertz CT molecular complexity index is 165. The van der Waals surface area contributed by atoms with E-state index in [2.05, 4.69) is 34.3 Å². The molecule has 0 aromatic rings. The summed E-state index contributed by atoms with van der Waals surface area (Å²) in [6, 6.07) is 0. The van der Waals surface area contributed by atoms with Crippen LogP contribution in [0.3, 0.4) is 0 Å². The average molecular weight is 210 g/mol. The van der Waals surface area contributed by atoms with Gasteiger partial charge in [0.2, 0.25) is 0 Å². The lowest BCUT2D eigenvalue weighted by atomic mass is 9.84. The molecule has 0 bridgehead atoms. The summed E-state index contributed by atoms with van der Waals surface area (Å²) in [4.78, 5) is 0. The highest BCUT2D eigenvalue weighted by Crippen LogP contribution is 2.27. The first kappa shape index (κ1) is 14.7. The maximum absolute atomic E-state index is 3.93. The van der Waals surface area contributed by atoms with E-state index in [0.29, 0.717) is 5.41 Å². The van der Waals surface area contributed by atoms with Crippen LogP contribution in [0.4, 0.5) is 0 Å². The van der Waals surface area contributed by atoms with Gasteiger partial charge in [-0.3, -0.25) is 0 Å². The molecular weight excluding hydrogens is 180 g/mol. The quantitative estimate of drug-likeness (QED) is 0.337. The normalized spacial score (nSPS) is 11.7. The van der Waals surface area contributed by atoms with Crippen LogP contribution in [0.15, 0.2) is 12.2 Å². The summed E-state index contributed by atoms with van der Waals surface area (Å²) >= 11 is 0. The van der Waals surface area contributed by atoms with Gasteiger partial charge < -0.3 is 0 Å². The van der Waals surface area contributed by atoms with Gasteiger partial charge >= 0.3 is 0 Å². The molecule has 0 heterocycles. The Morgan fingerprint density at radius 3 is 2.07 bits per heavy atom. The summed E-state index contributed by atoms with van der Waals surface area (Å²) in [6.45, 7) is 13.1. The molecule has 0 heteroatoms. The van der Waals surface area contributed by atoms with Crippen LogP contribution in [0.5, 0.6) is 0 Å². The fraction of sp³-hybridized carbons (Fsp3) is 0.867. The topological polar surface area (TPSA) is 0 Å². The predicted octanol–water partition coefficient (Wildman–Crippen LogP) is 5.73. The lowest BCUT2D eigenvalue weighted by Crippen LogP contribution is -2.08. The number of rotatable bonds is 9. The molecule has 0 unspecified atom stereocenters. The monoisotopic (exact) mass is 210 g/mol. The Labute approximate surface area is 97.2 Å². The third-order valence-corrected chi connectivity index (χ3v) is 3.41. The predicted molar refractivity (Wildman–Crippen MR) is 71.2 cm³/mol. The van der Waals surface area contributed by atoms with E-state index in [1.807, 2.05) is 0 Å². The van der Waals surface area contributed by atoms with Gasteiger partial charge in [-0.05, 0) is 31.6 Å². The van der Waals surface area contributed by atoms with E-state index in [0.717, 1.165) is 0 Å². The maximum Gasteiger partial charge on any atom is -0.0326 e. The summed E-state index contributed by atoms with van der Waals surface area (Å²) in [7, 11) is 0. The summed E-state index contributed by atoms with van der Waals surface area (Å²) in [5.41, 5.74) is 1.90. The highest BCUT2D eigenvalue weighted by molar-refractivity contribution is 4.86. The molecule has 0 nitrogen and oxygen atoms in total. The van der Waals surface area contributed by atoms with E-state index >= 15 is 0 Å². The average Bonchev–Trinajstić information content (AvgIpc) is 2.16. The number of hydrogen-bond acceptors (Lipinski definition) is 0. The lowest BCUT2D eigenvalue weighted by molar-refractivity contribution is 0.307. The van der Waals surface area contributed by atoms with Gasteiger partial charge in [-0.2, -0.15) is 0 Å². The summed E-state index contributed by atoms with van der Waals surface area (Å²) in [5, 5.41) is 0. The number of unbranched alkanes of at least 4 members (excludes halogenated alkanes) is 4. The molecular formula is C15H30. The zero-order valence-corrected chi connectivity index (χ0v) is 11.4. The second kappa shape index (κ2) is 7.96. The Balaban J connectivity index is 3.22. The first-order valence-corrected chi connectivity index (χ1v) is 6.62. The summed E-state index contributed by atoms with van der Waals surface area (Å²) in [5.74, 6) is 0. The van der Waals surface area contributed by atoms with Crippen LogP contribution in [0.25, 0.3) is 0 Å². The molecule has 0 amide bonds. The standard InChI is InChI=1S/C15H30/c1-6-15(4,5)13-11-9-7-8-10-12-14(2)3/h2,6-13H2,1,3-5H3. The van der Waals surface area contributed by atoms with Crippen molar-refractivity contribution in [1.82, 2.24) is 0 Å². The molecule has 90 valence electrons. The van der Waals surface area contributed by atoms with Crippen molar-refractivity contribution in [2.24, 2.45) is 5.41 Å². The van der Waals surface area contributed by atoms with Crippen LogP contribution in [-0.4, -0.2) is 0 Å². The smallest absolute Gasteiger partial charge is 0.0326 e. The number of allylic oxidation sites excluding steroid dienone is 1. The van der Waals surface area contributed by atoms with E-state index in [1.54, 1.807) is 0 Å². The van der Waals surface area contributed by atoms with E-state index < -0.39 is 0 Å². The first-order valence-electron chi connectivity index (χ1n) is 6.62. The van der Waals surface area contributed by atoms with Gasteiger partial charge in [-0.1, -0.05) is 58.4 Å². The van der Waals surface area contributed by atoms with Crippen LogP contribution in [0, 0.1) is 5.41 Å². The molecule has 0 aliphatic rings. The third-order valence-electron chi connectivity index (χ3n) is 3.41. The molecule has 0 rings (SSSR count). The first-order chi connectivity index (χ1) is 6.98. The van der Waals surface area contributed by atoms with Crippen LogP contribution in [-0.2, 0) is 0 Å². The van der Waals surface area contributed by atoms with Gasteiger partial charge in [0.05, 0.1) is 0 Å². The molecule has 0 fully saturated rings. The summed E-state index contributed by atoms with van der Waals surface area (Å²) < 4.78 is 0. The van der Waals surface area contributed by atoms with Crippen molar-refractivity contribution >= 4 is 0 Å². The van der Waals surface area contributed by atoms with Gasteiger partial charge in [0.25, 0.3) is 0 Å². The lowest BCUT2D eigenvalue weighted by Gasteiger charge is -2.22. The highest BCUT2D eigenvalue weighted by atomic mass is 14.2. The molecule has 15 heavy (non-hydrogen) atoms. The van der Waals surface area contributed by atoms with Gasteiger partial charge in [0.15, 0.2) is 0 Å². The van der Waals surface area contributed by atoms with E-state index in [-0.39, 0.29) is 0 Å². The highest BCUT2D eigenvalue weighted by Gasteiger charge is 2.13. The van der Waals surface area contributed by atoms with Crippen molar-refractivity contribution in [3.05, 3.63) is 12.2 Å². The second-order valence-corrected chi connectivity index (χ2v) is 5.74. The molecule has 0 aromatic heterocycles. The Morgan fingerprint density at radius 2 is 1.53 bits per heavy atom. The van der Waals surface area contributed by atoms with Crippen molar-refractivity contribution in [2.45, 2.75) is 79.1 Å². The van der Waals surface area contributed by atoms with E-state index in [4.69, 9.17) is 0 Å². The maximum atomic E-state index is 3.93. The minimum atomic E-state index is 0.567. The second-order valence-electron chi connectivity index (χ2n) is 5.74. The molecule has 0 aliphatic carbocycles. The molecule has 0 spiro atoms. The van der Waals surface area contributed by atoms with Crippen molar-refractivity contribution in [3.63, 3.8) is 0 Å². The Kier molecular flexibility index (Phi) is 7.82. The molecule has 0 saturated carbocycles. The van der Waals surface area contributed by atoms with E-state index in [9.17, 15) is 0 Å². The molecule has 0 aromatic carbocycles. The van der Waals surface area contributed by atoms with Gasteiger partial charge in [0.1, 0.15) is 0 Å². The minimum Gasteiger partial charge on any atom is -0.100 e. The van der Waals surface area contributed by atoms with Gasteiger partial charge in [0, 0.05) is 0 Å². The zero-order chi connectivity index (χ0) is 11.7. The number of hydrogen-bond donors (Lipinski definition) is 0. The van der Waals surface area contributed by atoms with Crippen molar-refractivity contribution in [3.8, 4) is 0 Å². The fourth-order valence-corrected chi connectivity index (χ4v) is 1.74. The zero-order valence-electron chi connectivity index (χ0n) is 11.4. The fourth-order valence-electron chi connectivity index (χ4n) is 1.74. The molecule has 0 N–H and O–H groups in total. The van der Waals surface area contributed by atoms with Crippen LogP contribution < -0.4 is 0 Å². The third kappa shape index (κ3) is 10.0. The van der Waals surface area contributed by atoms with Crippen LogP contribution >= 0.6 is 0 Å². The SMILES string of the molecule is C=C(C)CCCCCCCC(C)(C)CC. The van der Waals surface area contributed by atoms with Crippen LogP contribution in [0.1, 0.15) is 79.1 Å². The molecule has 0 atom stereocenters. The van der Waals surface area contributed by atoms with Crippen molar-refractivity contribution in [1.29, 1.82) is 0 Å². The minimum absolute atomic E-state index is 0.567. The molecule has 0 radical (unpaired) electrons. The molecule has 0 saturated heterocycles. The Hall–Kier alpha value is -0.260. The Morgan fingerprint density at radius 1 is 1.00 bits per heavy atom. The van der Waals surface area contributed by atoms with Gasteiger partial charge in [-0.15, -0.1) is 6.58 Å². The molecule has 0 aliphatic heterocycles. The van der Waals surface area contributed by atoms with Crippen molar-refractivity contribution in [2.75, 3.05) is 0 Å².